The molecular formula is C53H32O2. The third-order valence-electron chi connectivity index (χ3n) is 11.9. The molecule has 2 nitrogen and oxygen atoms in total. The molecule has 12 rings (SSSR count). The highest BCUT2D eigenvalue weighted by molar-refractivity contribution is 6.08. The normalized spacial score (nSPS) is 13.2. The Bertz CT molecular complexity index is 3270. The molecule has 0 fully saturated rings. The van der Waals surface area contributed by atoms with Crippen LogP contribution >= 0.6 is 0 Å². The average Bonchev–Trinajstić information content (AvgIpc) is 3.92. The maximum Gasteiger partial charge on any atom is 0.135 e. The Kier molecular flexibility index (Phi) is 6.29. The van der Waals surface area contributed by atoms with E-state index in [4.69, 9.17) is 8.83 Å². The Morgan fingerprint density at radius 3 is 1.35 bits per heavy atom. The average molecular weight is 701 g/mol. The van der Waals surface area contributed by atoms with Crippen molar-refractivity contribution in [2.24, 2.45) is 0 Å². The first-order valence-electron chi connectivity index (χ1n) is 18.9. The van der Waals surface area contributed by atoms with Crippen LogP contribution in [0.2, 0.25) is 0 Å². The summed E-state index contributed by atoms with van der Waals surface area (Å²) in [5, 5.41) is 7.02. The number of hydrogen-bond acceptors (Lipinski definition) is 2. The van der Waals surface area contributed by atoms with Crippen LogP contribution in [0.15, 0.2) is 203 Å². The minimum absolute atomic E-state index is 0.571. The monoisotopic (exact) mass is 700 g/mol. The molecule has 0 unspecified atom stereocenters. The van der Waals surface area contributed by atoms with E-state index in [9.17, 15) is 0 Å². The topological polar surface area (TPSA) is 26.3 Å². The smallest absolute Gasteiger partial charge is 0.135 e. The van der Waals surface area contributed by atoms with Crippen LogP contribution in [0, 0.1) is 0 Å². The lowest BCUT2D eigenvalue weighted by Crippen LogP contribution is -2.28. The Morgan fingerprint density at radius 1 is 0.309 bits per heavy atom. The van der Waals surface area contributed by atoms with Crippen LogP contribution in [0.3, 0.4) is 0 Å². The van der Waals surface area contributed by atoms with E-state index in [2.05, 4.69) is 170 Å². The van der Waals surface area contributed by atoms with Gasteiger partial charge in [0.15, 0.2) is 0 Å². The minimum Gasteiger partial charge on any atom is -0.456 e. The molecule has 9 aromatic carbocycles. The van der Waals surface area contributed by atoms with E-state index in [0.29, 0.717) is 0 Å². The van der Waals surface area contributed by atoms with Crippen molar-refractivity contribution in [1.82, 2.24) is 0 Å². The summed E-state index contributed by atoms with van der Waals surface area (Å²) in [7, 11) is 0. The number of para-hydroxylation sites is 2. The largest absolute Gasteiger partial charge is 0.456 e. The first-order chi connectivity index (χ1) is 27.2. The van der Waals surface area contributed by atoms with Crippen molar-refractivity contribution in [2.75, 3.05) is 0 Å². The van der Waals surface area contributed by atoms with Crippen LogP contribution in [-0.4, -0.2) is 0 Å². The summed E-state index contributed by atoms with van der Waals surface area (Å²) in [5.41, 5.74) is 15.4. The quantitative estimate of drug-likeness (QED) is 0.183. The highest BCUT2D eigenvalue weighted by atomic mass is 16.3. The number of benzene rings is 9. The second-order valence-corrected chi connectivity index (χ2v) is 14.8. The fourth-order valence-electron chi connectivity index (χ4n) is 9.49. The van der Waals surface area contributed by atoms with Gasteiger partial charge in [-0.3, -0.25) is 0 Å². The van der Waals surface area contributed by atoms with Crippen molar-refractivity contribution >= 4 is 54.6 Å². The maximum absolute atomic E-state index is 6.22. The van der Waals surface area contributed by atoms with Crippen molar-refractivity contribution in [3.63, 3.8) is 0 Å². The third kappa shape index (κ3) is 4.31. The van der Waals surface area contributed by atoms with Crippen LogP contribution in [-0.2, 0) is 5.41 Å². The molecule has 0 saturated carbocycles. The first kappa shape index (κ1) is 30.3. The van der Waals surface area contributed by atoms with E-state index in [1.165, 1.54) is 66.4 Å². The van der Waals surface area contributed by atoms with Crippen molar-refractivity contribution < 1.29 is 8.83 Å². The predicted molar refractivity (Wildman–Crippen MR) is 227 cm³/mol. The van der Waals surface area contributed by atoms with Gasteiger partial charge in [-0.05, 0) is 115 Å². The number of fused-ring (bicyclic) bond motifs is 11. The Hall–Kier alpha value is -7.16. The second-order valence-electron chi connectivity index (χ2n) is 14.8. The van der Waals surface area contributed by atoms with Crippen molar-refractivity contribution in [2.45, 2.75) is 5.41 Å². The summed E-state index contributed by atoms with van der Waals surface area (Å²) in [4.78, 5) is 0. The van der Waals surface area contributed by atoms with Crippen LogP contribution in [0.4, 0.5) is 0 Å². The zero-order chi connectivity index (χ0) is 36.1. The highest BCUT2D eigenvalue weighted by Crippen LogP contribution is 2.59. The molecule has 0 spiro atoms. The molecule has 0 saturated heterocycles. The molecular weight excluding hydrogens is 669 g/mol. The predicted octanol–water partition coefficient (Wildman–Crippen LogP) is 14.3. The summed E-state index contributed by atoms with van der Waals surface area (Å²) in [6.45, 7) is 0. The summed E-state index contributed by atoms with van der Waals surface area (Å²) in [6.07, 6.45) is 0. The SMILES string of the molecule is c1ccc(C2(c3ccccc3)c3cc(-c4ccc5oc6ccccc6c5c4)ccc3-c3ccc4ccc(-c5ccc6oc7ccccc7c6c5)cc4c32)cc1. The molecule has 1 aliphatic carbocycles. The molecule has 2 heteroatoms. The lowest BCUT2D eigenvalue weighted by atomic mass is 9.66. The molecule has 0 aliphatic heterocycles. The highest BCUT2D eigenvalue weighted by Gasteiger charge is 2.47. The lowest BCUT2D eigenvalue weighted by Gasteiger charge is -2.35. The summed E-state index contributed by atoms with van der Waals surface area (Å²) in [6, 6.07) is 70.7. The van der Waals surface area contributed by atoms with Gasteiger partial charge in [0.1, 0.15) is 22.3 Å². The molecule has 0 atom stereocenters. The van der Waals surface area contributed by atoms with Crippen molar-refractivity contribution in [1.29, 1.82) is 0 Å². The third-order valence-corrected chi connectivity index (χ3v) is 11.9. The lowest BCUT2D eigenvalue weighted by molar-refractivity contribution is 0.668. The van der Waals surface area contributed by atoms with Gasteiger partial charge in [-0.2, -0.15) is 0 Å². The standard InChI is InChI=1S/C53H32O2/c1-3-11-38(12-4-1)53(39-13-5-2-6-14-39)47-32-37(36-24-28-51-46(31-36)42-16-8-10-18-49(42)55-51)22-25-40(47)43-26-21-33-19-20-34(29-44(33)52(43)53)35-23-27-50-45(30-35)41-15-7-9-17-48(41)54-50/h1-32H. The van der Waals surface area contributed by atoms with E-state index in [1.807, 2.05) is 24.3 Å². The van der Waals surface area contributed by atoms with Gasteiger partial charge >= 0.3 is 0 Å². The molecule has 55 heavy (non-hydrogen) atoms. The van der Waals surface area contributed by atoms with Crippen LogP contribution < -0.4 is 0 Å². The molecule has 0 radical (unpaired) electrons. The Labute approximate surface area is 317 Å². The van der Waals surface area contributed by atoms with Gasteiger partial charge in [0, 0.05) is 21.5 Å². The summed E-state index contributed by atoms with van der Waals surface area (Å²) in [5.74, 6) is 0. The van der Waals surface area contributed by atoms with Gasteiger partial charge in [0.25, 0.3) is 0 Å². The van der Waals surface area contributed by atoms with Crippen molar-refractivity contribution in [3.8, 4) is 33.4 Å². The van der Waals surface area contributed by atoms with Crippen LogP contribution in [0.5, 0.6) is 0 Å². The molecule has 0 N–H and O–H groups in total. The van der Waals surface area contributed by atoms with Crippen LogP contribution in [0.25, 0.3) is 88.0 Å². The molecule has 0 bridgehead atoms. The van der Waals surface area contributed by atoms with E-state index in [0.717, 1.165) is 43.9 Å². The Morgan fingerprint density at radius 2 is 0.745 bits per heavy atom. The van der Waals surface area contributed by atoms with E-state index in [-0.39, 0.29) is 0 Å². The van der Waals surface area contributed by atoms with Gasteiger partial charge in [-0.1, -0.05) is 146 Å². The fourth-order valence-corrected chi connectivity index (χ4v) is 9.49. The zero-order valence-electron chi connectivity index (χ0n) is 29.8. The van der Waals surface area contributed by atoms with Crippen LogP contribution in [0.1, 0.15) is 22.3 Å². The summed E-state index contributed by atoms with van der Waals surface area (Å²) < 4.78 is 12.4. The van der Waals surface area contributed by atoms with Gasteiger partial charge in [0.2, 0.25) is 0 Å². The van der Waals surface area contributed by atoms with Crippen molar-refractivity contribution in [3.05, 3.63) is 216 Å². The van der Waals surface area contributed by atoms with E-state index < -0.39 is 5.41 Å². The minimum atomic E-state index is -0.571. The van der Waals surface area contributed by atoms with E-state index in [1.54, 1.807) is 0 Å². The summed E-state index contributed by atoms with van der Waals surface area (Å²) >= 11 is 0. The van der Waals surface area contributed by atoms with Gasteiger partial charge in [0.05, 0.1) is 5.41 Å². The second kappa shape index (κ2) is 11.4. The number of hydrogen-bond donors (Lipinski definition) is 0. The molecule has 1 aliphatic rings. The molecule has 0 amide bonds. The van der Waals surface area contributed by atoms with Gasteiger partial charge in [-0.15, -0.1) is 0 Å². The number of furan rings is 2. The Balaban J connectivity index is 1.13. The van der Waals surface area contributed by atoms with E-state index >= 15 is 0 Å². The molecule has 2 heterocycles. The molecule has 11 aromatic rings. The number of rotatable bonds is 4. The zero-order valence-corrected chi connectivity index (χ0v) is 29.8. The molecule has 256 valence electrons. The molecule has 2 aromatic heterocycles. The fraction of sp³-hybridized carbons (Fsp3) is 0.0189. The van der Waals surface area contributed by atoms with Gasteiger partial charge < -0.3 is 8.83 Å². The first-order valence-corrected chi connectivity index (χ1v) is 18.9. The van der Waals surface area contributed by atoms with Gasteiger partial charge in [-0.25, -0.2) is 0 Å². The maximum atomic E-state index is 6.22.